The molecule has 94 valence electrons. The first-order valence-corrected chi connectivity index (χ1v) is 6.75. The van der Waals surface area contributed by atoms with Crippen LogP contribution in [0.15, 0.2) is 12.4 Å². The molecular weight excluding hydrogens is 248 g/mol. The number of nitrogens with one attached hydrogen (secondary N) is 2. The number of nitrogens with zero attached hydrogens (tertiary/aromatic N) is 2. The van der Waals surface area contributed by atoms with Crippen molar-refractivity contribution in [3.8, 4) is 0 Å². The van der Waals surface area contributed by atoms with Gasteiger partial charge in [-0.15, -0.1) is 0 Å². The minimum atomic E-state index is 0.0281. The Hall–Kier alpha value is -1.69. The Kier molecular flexibility index (Phi) is 2.87. The lowest BCUT2D eigenvalue weighted by Gasteiger charge is -2.20. The summed E-state index contributed by atoms with van der Waals surface area (Å²) in [5.41, 5.74) is 3.14. The Morgan fingerprint density at radius 3 is 3.28 bits per heavy atom. The zero-order valence-electron chi connectivity index (χ0n) is 10.1. The minimum Gasteiger partial charge on any atom is -0.348 e. The average molecular weight is 262 g/mol. The first-order chi connectivity index (χ1) is 8.72. The van der Waals surface area contributed by atoms with Gasteiger partial charge in [0, 0.05) is 18.0 Å². The predicted octanol–water partition coefficient (Wildman–Crippen LogP) is 1.92. The number of aromatic amines is 1. The van der Waals surface area contributed by atoms with Gasteiger partial charge in [-0.3, -0.25) is 4.79 Å². The van der Waals surface area contributed by atoms with E-state index in [9.17, 15) is 4.79 Å². The number of rotatable bonds is 2. The third-order valence-electron chi connectivity index (χ3n) is 3.23. The molecule has 2 N–H and O–H groups in total. The molecule has 3 rings (SSSR count). The zero-order chi connectivity index (χ0) is 12.5. The fourth-order valence-corrected chi connectivity index (χ4v) is 2.94. The molecule has 0 saturated heterocycles. The summed E-state index contributed by atoms with van der Waals surface area (Å²) in [6, 6.07) is 1.90. The van der Waals surface area contributed by atoms with Crippen LogP contribution in [0.2, 0.25) is 0 Å². The molecule has 2 aromatic heterocycles. The number of anilines is 1. The van der Waals surface area contributed by atoms with Crippen molar-refractivity contribution in [1.29, 1.82) is 0 Å². The molecular formula is C12H14N4OS. The number of aromatic nitrogens is 3. The second-order valence-electron chi connectivity index (χ2n) is 4.59. The molecule has 2 heterocycles. The molecule has 5 nitrogen and oxygen atoms in total. The Bertz CT molecular complexity index is 574. The number of fused-ring (bicyclic) bond motifs is 1. The van der Waals surface area contributed by atoms with Crippen LogP contribution in [0.5, 0.6) is 0 Å². The van der Waals surface area contributed by atoms with Crippen LogP contribution >= 0.6 is 11.5 Å². The van der Waals surface area contributed by atoms with Crippen molar-refractivity contribution >= 4 is 22.4 Å². The summed E-state index contributed by atoms with van der Waals surface area (Å²) < 4.78 is 4.15. The third-order valence-corrected chi connectivity index (χ3v) is 4.03. The number of carbonyl (C=O) groups excluding carboxylic acids is 1. The number of hydrogen-bond donors (Lipinski definition) is 2. The van der Waals surface area contributed by atoms with Gasteiger partial charge >= 0.3 is 0 Å². The average Bonchev–Trinajstić information content (AvgIpc) is 2.96. The van der Waals surface area contributed by atoms with E-state index >= 15 is 0 Å². The first-order valence-electron chi connectivity index (χ1n) is 5.97. The van der Waals surface area contributed by atoms with Gasteiger partial charge in [-0.1, -0.05) is 0 Å². The Morgan fingerprint density at radius 1 is 1.61 bits per heavy atom. The maximum atomic E-state index is 12.1. The second kappa shape index (κ2) is 4.53. The van der Waals surface area contributed by atoms with Crippen molar-refractivity contribution < 1.29 is 4.79 Å². The molecule has 0 aliphatic heterocycles. The normalized spacial score (nSPS) is 18.4. The molecule has 0 fully saturated rings. The number of aryl methyl sites for hydroxylation is 2. The van der Waals surface area contributed by atoms with Gasteiger partial charge in [0.25, 0.3) is 0 Å². The molecule has 0 unspecified atom stereocenters. The highest BCUT2D eigenvalue weighted by molar-refractivity contribution is 7.10. The van der Waals surface area contributed by atoms with Gasteiger partial charge in [-0.2, -0.15) is 4.37 Å². The van der Waals surface area contributed by atoms with Crippen molar-refractivity contribution in [1.82, 2.24) is 14.3 Å². The van der Waals surface area contributed by atoms with Crippen LogP contribution in [0.4, 0.5) is 5.00 Å². The fourth-order valence-electron chi connectivity index (χ4n) is 2.27. The van der Waals surface area contributed by atoms with Crippen molar-refractivity contribution in [2.24, 2.45) is 5.92 Å². The summed E-state index contributed by atoms with van der Waals surface area (Å²) in [4.78, 5) is 19.5. The quantitative estimate of drug-likeness (QED) is 0.868. The van der Waals surface area contributed by atoms with E-state index in [0.717, 1.165) is 41.3 Å². The molecule has 18 heavy (non-hydrogen) atoms. The molecule has 1 amide bonds. The largest absolute Gasteiger partial charge is 0.348 e. The zero-order valence-corrected chi connectivity index (χ0v) is 10.9. The smallest absolute Gasteiger partial charge is 0.228 e. The van der Waals surface area contributed by atoms with Crippen LogP contribution in [-0.2, 0) is 17.6 Å². The van der Waals surface area contributed by atoms with Crippen LogP contribution in [-0.4, -0.2) is 20.2 Å². The van der Waals surface area contributed by atoms with Crippen molar-refractivity contribution in [3.05, 3.63) is 29.5 Å². The summed E-state index contributed by atoms with van der Waals surface area (Å²) in [5, 5.41) is 3.77. The molecule has 0 spiro atoms. The maximum absolute atomic E-state index is 12.1. The molecule has 2 aromatic rings. The second-order valence-corrected chi connectivity index (χ2v) is 5.39. The van der Waals surface area contributed by atoms with Gasteiger partial charge in [0.15, 0.2) is 0 Å². The number of imidazole rings is 1. The molecule has 1 aliphatic rings. The predicted molar refractivity (Wildman–Crippen MR) is 69.6 cm³/mol. The number of H-pyrrole nitrogens is 1. The van der Waals surface area contributed by atoms with Crippen LogP contribution in [0.3, 0.4) is 0 Å². The topological polar surface area (TPSA) is 70.7 Å². The SMILES string of the molecule is Cc1cc(NC(=O)[C@H]2CCc3nc[nH]c3C2)sn1. The van der Waals surface area contributed by atoms with Gasteiger partial charge in [0.1, 0.15) is 5.00 Å². The Balaban J connectivity index is 1.67. The van der Waals surface area contributed by atoms with E-state index in [0.29, 0.717) is 0 Å². The first kappa shape index (κ1) is 11.4. The molecule has 1 atom stereocenters. The number of amides is 1. The van der Waals surface area contributed by atoms with Gasteiger partial charge in [-0.25, -0.2) is 4.98 Å². The number of carbonyl (C=O) groups is 1. The standard InChI is InChI=1S/C12H14N4OS/c1-7-4-11(18-16-7)15-12(17)8-2-3-9-10(5-8)14-6-13-9/h4,6,8H,2-3,5H2,1H3,(H,13,14)(H,15,17)/t8-/m0/s1. The van der Waals surface area contributed by atoms with E-state index in [-0.39, 0.29) is 11.8 Å². The molecule has 6 heteroatoms. The van der Waals surface area contributed by atoms with Crippen molar-refractivity contribution in [2.75, 3.05) is 5.32 Å². The van der Waals surface area contributed by atoms with Crippen LogP contribution in [0.1, 0.15) is 23.5 Å². The van der Waals surface area contributed by atoms with Gasteiger partial charge in [-0.05, 0) is 37.4 Å². The summed E-state index contributed by atoms with van der Waals surface area (Å²) in [5.74, 6) is 0.110. The summed E-state index contributed by atoms with van der Waals surface area (Å²) >= 11 is 1.33. The lowest BCUT2D eigenvalue weighted by atomic mass is 9.89. The Labute approximate surface area is 109 Å². The number of hydrogen-bond acceptors (Lipinski definition) is 4. The van der Waals surface area contributed by atoms with Crippen LogP contribution in [0, 0.1) is 12.8 Å². The summed E-state index contributed by atoms with van der Waals surface area (Å²) in [6.45, 7) is 1.92. The maximum Gasteiger partial charge on any atom is 0.228 e. The van der Waals surface area contributed by atoms with Crippen LogP contribution in [0.25, 0.3) is 0 Å². The van der Waals surface area contributed by atoms with E-state index < -0.39 is 0 Å². The van der Waals surface area contributed by atoms with Gasteiger partial charge in [0.2, 0.25) is 5.91 Å². The van der Waals surface area contributed by atoms with E-state index in [1.807, 2.05) is 13.0 Å². The Morgan fingerprint density at radius 2 is 2.50 bits per heavy atom. The van der Waals surface area contributed by atoms with Gasteiger partial charge in [0.05, 0.1) is 17.7 Å². The van der Waals surface area contributed by atoms with E-state index in [1.165, 1.54) is 11.5 Å². The highest BCUT2D eigenvalue weighted by Gasteiger charge is 2.26. The molecule has 1 aliphatic carbocycles. The lowest BCUT2D eigenvalue weighted by molar-refractivity contribution is -0.120. The highest BCUT2D eigenvalue weighted by atomic mass is 32.1. The van der Waals surface area contributed by atoms with Crippen molar-refractivity contribution in [2.45, 2.75) is 26.2 Å². The minimum absolute atomic E-state index is 0.0281. The van der Waals surface area contributed by atoms with E-state index in [4.69, 9.17) is 0 Å². The summed E-state index contributed by atoms with van der Waals surface area (Å²) in [6.07, 6.45) is 4.19. The highest BCUT2D eigenvalue weighted by Crippen LogP contribution is 2.25. The molecule has 0 saturated carbocycles. The van der Waals surface area contributed by atoms with Crippen LogP contribution < -0.4 is 5.32 Å². The fraction of sp³-hybridized carbons (Fsp3) is 0.417. The lowest BCUT2D eigenvalue weighted by Crippen LogP contribution is -2.27. The van der Waals surface area contributed by atoms with E-state index in [1.54, 1.807) is 6.33 Å². The molecule has 0 radical (unpaired) electrons. The molecule has 0 aromatic carbocycles. The van der Waals surface area contributed by atoms with E-state index in [2.05, 4.69) is 19.7 Å². The van der Waals surface area contributed by atoms with Crippen molar-refractivity contribution in [3.63, 3.8) is 0 Å². The summed E-state index contributed by atoms with van der Waals surface area (Å²) in [7, 11) is 0. The monoisotopic (exact) mass is 262 g/mol. The third kappa shape index (κ3) is 2.15. The molecule has 0 bridgehead atoms. The van der Waals surface area contributed by atoms with Gasteiger partial charge < -0.3 is 10.3 Å².